The zero-order valence-corrected chi connectivity index (χ0v) is 18.8. The van der Waals surface area contributed by atoms with E-state index in [1.54, 1.807) is 6.26 Å². The number of amides is 1. The molecule has 7 heteroatoms. The number of rotatable bonds is 6. The first-order valence-corrected chi connectivity index (χ1v) is 11.1. The Hall–Kier alpha value is -3.09. The van der Waals surface area contributed by atoms with Crippen molar-refractivity contribution in [1.29, 1.82) is 0 Å². The summed E-state index contributed by atoms with van der Waals surface area (Å²) >= 11 is 0. The summed E-state index contributed by atoms with van der Waals surface area (Å²) in [7, 11) is 0. The minimum Gasteiger partial charge on any atom is -0.481 e. The fourth-order valence-corrected chi connectivity index (χ4v) is 5.22. The van der Waals surface area contributed by atoms with Crippen LogP contribution in [0.5, 0.6) is 0 Å². The van der Waals surface area contributed by atoms with Crippen LogP contribution >= 0.6 is 0 Å². The number of hydrogen-bond acceptors (Lipinski definition) is 5. The third-order valence-corrected chi connectivity index (χ3v) is 6.91. The van der Waals surface area contributed by atoms with Crippen LogP contribution in [0, 0.1) is 26.2 Å². The molecule has 0 atom stereocenters. The minimum absolute atomic E-state index is 0.0413. The number of benzene rings is 1. The molecule has 0 unspecified atom stereocenters. The second kappa shape index (κ2) is 8.45. The molecule has 1 saturated carbocycles. The van der Waals surface area contributed by atoms with E-state index in [9.17, 15) is 19.5 Å². The van der Waals surface area contributed by atoms with Gasteiger partial charge in [0.25, 0.3) is 0 Å². The highest BCUT2D eigenvalue weighted by atomic mass is 16.4. The zero-order chi connectivity index (χ0) is 23.0. The summed E-state index contributed by atoms with van der Waals surface area (Å²) < 4.78 is 11.3. The quantitative estimate of drug-likeness (QED) is 0.545. The zero-order valence-electron chi connectivity index (χ0n) is 18.8. The van der Waals surface area contributed by atoms with Gasteiger partial charge < -0.3 is 19.3 Å². The second-order valence-corrected chi connectivity index (χ2v) is 9.27. The van der Waals surface area contributed by atoms with Crippen LogP contribution in [0.15, 0.2) is 26.0 Å². The lowest BCUT2D eigenvalue weighted by atomic mass is 9.71. The Morgan fingerprint density at radius 2 is 1.81 bits per heavy atom. The SMILES string of the molecule is Cc1coc2c1c(C)cc1oc(=O)c(CC(=O)NCC3(CC(=O)O)CCCCC3)c(C)c12. The van der Waals surface area contributed by atoms with Crippen molar-refractivity contribution in [3.8, 4) is 0 Å². The molecule has 1 aliphatic carbocycles. The fourth-order valence-electron chi connectivity index (χ4n) is 5.22. The summed E-state index contributed by atoms with van der Waals surface area (Å²) in [4.78, 5) is 36.9. The highest BCUT2D eigenvalue weighted by Crippen LogP contribution is 2.39. The Morgan fingerprint density at radius 1 is 1.09 bits per heavy atom. The van der Waals surface area contributed by atoms with Crippen LogP contribution in [0.1, 0.15) is 60.8 Å². The highest BCUT2D eigenvalue weighted by Gasteiger charge is 2.34. The minimum atomic E-state index is -0.847. The predicted octanol–water partition coefficient (Wildman–Crippen LogP) is 4.55. The summed E-state index contributed by atoms with van der Waals surface area (Å²) in [5.41, 5.74) is 3.07. The molecule has 0 bridgehead atoms. The Kier molecular flexibility index (Phi) is 5.84. The second-order valence-electron chi connectivity index (χ2n) is 9.27. The topological polar surface area (TPSA) is 110 Å². The van der Waals surface area contributed by atoms with Crippen molar-refractivity contribution in [2.24, 2.45) is 5.41 Å². The molecule has 0 radical (unpaired) electrons. The van der Waals surface area contributed by atoms with Crippen LogP contribution in [-0.2, 0) is 16.0 Å². The van der Waals surface area contributed by atoms with Gasteiger partial charge in [0.2, 0.25) is 5.91 Å². The van der Waals surface area contributed by atoms with E-state index in [0.29, 0.717) is 34.2 Å². The fraction of sp³-hybridized carbons (Fsp3) is 0.480. The van der Waals surface area contributed by atoms with E-state index in [1.165, 1.54) is 0 Å². The van der Waals surface area contributed by atoms with Crippen molar-refractivity contribution in [1.82, 2.24) is 5.32 Å². The Morgan fingerprint density at radius 3 is 2.50 bits per heavy atom. The monoisotopic (exact) mass is 439 g/mol. The maximum atomic E-state index is 12.8. The standard InChI is InChI=1S/C25H29NO6/c1-14-9-18-22(23-21(14)15(2)12-31-23)16(3)17(24(30)32-18)10-19(27)26-13-25(11-20(28)29)7-5-4-6-8-25/h9,12H,4-8,10-11,13H2,1-3H3,(H,26,27)(H,28,29). The van der Waals surface area contributed by atoms with Crippen molar-refractivity contribution >= 4 is 33.8 Å². The van der Waals surface area contributed by atoms with E-state index in [2.05, 4.69) is 5.32 Å². The van der Waals surface area contributed by atoms with Crippen LogP contribution in [0.4, 0.5) is 0 Å². The van der Waals surface area contributed by atoms with Gasteiger partial charge in [-0.2, -0.15) is 0 Å². The summed E-state index contributed by atoms with van der Waals surface area (Å²) in [6, 6.07) is 1.83. The first kappa shape index (κ1) is 22.1. The maximum Gasteiger partial charge on any atom is 0.340 e. The van der Waals surface area contributed by atoms with Gasteiger partial charge in [0.1, 0.15) is 11.2 Å². The number of fused-ring (bicyclic) bond motifs is 3. The molecule has 0 saturated heterocycles. The number of carboxylic acids is 1. The van der Waals surface area contributed by atoms with Gasteiger partial charge >= 0.3 is 11.6 Å². The van der Waals surface area contributed by atoms with E-state index in [4.69, 9.17) is 8.83 Å². The largest absolute Gasteiger partial charge is 0.481 e. The average Bonchev–Trinajstić information content (AvgIpc) is 3.11. The number of nitrogens with one attached hydrogen (secondary N) is 1. The van der Waals surface area contributed by atoms with E-state index in [1.807, 2.05) is 26.8 Å². The molecular formula is C25H29NO6. The molecule has 1 aliphatic rings. The maximum absolute atomic E-state index is 12.8. The smallest absolute Gasteiger partial charge is 0.340 e. The van der Waals surface area contributed by atoms with Gasteiger partial charge in [-0.1, -0.05) is 19.3 Å². The van der Waals surface area contributed by atoms with Crippen LogP contribution in [0.3, 0.4) is 0 Å². The summed E-state index contributed by atoms with van der Waals surface area (Å²) in [6.07, 6.45) is 6.19. The van der Waals surface area contributed by atoms with Gasteiger partial charge in [-0.05, 0) is 61.8 Å². The highest BCUT2D eigenvalue weighted by molar-refractivity contribution is 6.07. The number of carbonyl (C=O) groups is 2. The molecule has 1 amide bonds. The molecule has 0 aliphatic heterocycles. The van der Waals surface area contributed by atoms with Gasteiger partial charge in [-0.15, -0.1) is 0 Å². The summed E-state index contributed by atoms with van der Waals surface area (Å²) in [6.45, 7) is 6.02. The normalized spacial score (nSPS) is 15.8. The lowest BCUT2D eigenvalue weighted by Gasteiger charge is -2.36. The summed E-state index contributed by atoms with van der Waals surface area (Å²) in [5, 5.41) is 13.9. The molecular weight excluding hydrogens is 410 g/mol. The van der Waals surface area contributed by atoms with Crippen molar-refractivity contribution in [3.05, 3.63) is 45.0 Å². The van der Waals surface area contributed by atoms with Crippen molar-refractivity contribution in [2.75, 3.05) is 6.54 Å². The average molecular weight is 440 g/mol. The van der Waals surface area contributed by atoms with E-state index >= 15 is 0 Å². The van der Waals surface area contributed by atoms with E-state index in [-0.39, 0.29) is 18.7 Å². The number of hydrogen-bond donors (Lipinski definition) is 2. The molecule has 32 heavy (non-hydrogen) atoms. The van der Waals surface area contributed by atoms with Crippen molar-refractivity contribution in [2.45, 2.75) is 65.7 Å². The van der Waals surface area contributed by atoms with Crippen LogP contribution in [-0.4, -0.2) is 23.5 Å². The van der Waals surface area contributed by atoms with Gasteiger partial charge in [-0.3, -0.25) is 9.59 Å². The lowest BCUT2D eigenvalue weighted by Crippen LogP contribution is -2.41. The molecule has 1 fully saturated rings. The molecule has 7 nitrogen and oxygen atoms in total. The number of carboxylic acid groups (broad SMARTS) is 1. The van der Waals surface area contributed by atoms with E-state index in [0.717, 1.165) is 48.6 Å². The number of carbonyl (C=O) groups excluding carboxylic acids is 1. The molecule has 2 N–H and O–H groups in total. The Balaban J connectivity index is 1.62. The van der Waals surface area contributed by atoms with E-state index < -0.39 is 17.0 Å². The Bertz CT molecular complexity index is 1260. The third-order valence-electron chi connectivity index (χ3n) is 6.91. The number of aliphatic carboxylic acids is 1. The molecule has 0 spiro atoms. The van der Waals surface area contributed by atoms with Crippen LogP contribution in [0.2, 0.25) is 0 Å². The van der Waals surface area contributed by atoms with Gasteiger partial charge in [0, 0.05) is 11.9 Å². The first-order valence-electron chi connectivity index (χ1n) is 11.1. The lowest BCUT2D eigenvalue weighted by molar-refractivity contribution is -0.140. The molecule has 3 aromatic rings. The molecule has 170 valence electrons. The number of furan rings is 1. The predicted molar refractivity (Wildman–Crippen MR) is 121 cm³/mol. The number of aryl methyl sites for hydroxylation is 3. The van der Waals surface area contributed by atoms with Gasteiger partial charge in [0.05, 0.1) is 30.1 Å². The van der Waals surface area contributed by atoms with Crippen molar-refractivity contribution < 1.29 is 23.5 Å². The van der Waals surface area contributed by atoms with Crippen LogP contribution < -0.4 is 10.9 Å². The van der Waals surface area contributed by atoms with Crippen LogP contribution in [0.25, 0.3) is 21.9 Å². The molecule has 1 aromatic carbocycles. The molecule has 4 rings (SSSR count). The van der Waals surface area contributed by atoms with Gasteiger partial charge in [-0.25, -0.2) is 4.79 Å². The summed E-state index contributed by atoms with van der Waals surface area (Å²) in [5.74, 6) is -1.16. The molecule has 2 heterocycles. The first-order chi connectivity index (χ1) is 15.2. The third kappa shape index (κ3) is 4.04. The van der Waals surface area contributed by atoms with Gasteiger partial charge in [0.15, 0.2) is 0 Å². The van der Waals surface area contributed by atoms with Crippen molar-refractivity contribution in [3.63, 3.8) is 0 Å². The Labute approximate surface area is 185 Å². The molecule has 2 aromatic heterocycles.